The fourth-order valence-corrected chi connectivity index (χ4v) is 4.96. The first-order chi connectivity index (χ1) is 17.9. The first kappa shape index (κ1) is 28.0. The number of aryl methyl sites for hydroxylation is 1. The van der Waals surface area contributed by atoms with Crippen LogP contribution < -0.4 is 0 Å². The van der Waals surface area contributed by atoms with Crippen LogP contribution in [0.2, 0.25) is 0 Å². The molecular weight excluding hydrogens is 538 g/mol. The lowest BCUT2D eigenvalue weighted by atomic mass is 9.59. The second-order valence-corrected chi connectivity index (χ2v) is 9.59. The number of carbonyl (C=O) groups excluding carboxylic acids is 3. The van der Waals surface area contributed by atoms with E-state index in [1.165, 1.54) is 20.8 Å². The quantitative estimate of drug-likeness (QED) is 0.396. The summed E-state index contributed by atoms with van der Waals surface area (Å²) in [7, 11) is 2.03. The molecule has 39 heavy (non-hydrogen) atoms. The lowest BCUT2D eigenvalue weighted by Gasteiger charge is -2.43. The van der Waals surface area contributed by atoms with Crippen molar-refractivity contribution in [3.05, 3.63) is 57.5 Å². The van der Waals surface area contributed by atoms with Crippen molar-refractivity contribution in [2.45, 2.75) is 45.1 Å². The second kappa shape index (κ2) is 8.74. The lowest BCUT2D eigenvalue weighted by Crippen LogP contribution is -2.56. The number of aromatic nitrogens is 2. The molecule has 2 heterocycles. The standard InChI is InChI=1S/C24H20F6N4O5/c1-10-15-14(34(32-10)13-7-11(23(25,26)27)6-12(8-13)24(28,29)30)9-21(2,3)22(18(15)35)16(19(36)38-4)17(31-33-22)20(37)39-5/h6-8H,9H2,1-5H3. The topological polar surface area (TPSA) is 112 Å². The highest BCUT2D eigenvalue weighted by molar-refractivity contribution is 6.17. The minimum absolute atomic E-state index is 0.00786. The molecule has 1 aliphatic heterocycles. The Kier molecular flexibility index (Phi) is 6.27. The van der Waals surface area contributed by atoms with Crippen LogP contribution in [-0.2, 0) is 37.8 Å². The van der Waals surface area contributed by atoms with E-state index in [0.29, 0.717) is 12.1 Å². The van der Waals surface area contributed by atoms with Gasteiger partial charge in [0.2, 0.25) is 5.78 Å². The molecule has 1 unspecified atom stereocenters. The van der Waals surface area contributed by atoms with Crippen molar-refractivity contribution in [2.24, 2.45) is 15.6 Å². The molecule has 0 amide bonds. The van der Waals surface area contributed by atoms with Gasteiger partial charge in [-0.2, -0.15) is 36.6 Å². The molecule has 4 rings (SSSR count). The highest BCUT2D eigenvalue weighted by Gasteiger charge is 2.64. The predicted octanol–water partition coefficient (Wildman–Crippen LogP) is 4.79. The molecule has 1 spiro atoms. The third-order valence-electron chi connectivity index (χ3n) is 6.78. The van der Waals surface area contributed by atoms with Crippen molar-refractivity contribution in [1.29, 1.82) is 0 Å². The largest absolute Gasteiger partial charge is 0.466 e. The fourth-order valence-electron chi connectivity index (χ4n) is 4.96. The van der Waals surface area contributed by atoms with Gasteiger partial charge in [0.25, 0.3) is 0 Å². The molecule has 0 saturated carbocycles. The van der Waals surface area contributed by atoms with Crippen LogP contribution >= 0.6 is 0 Å². The molecule has 1 aliphatic carbocycles. The van der Waals surface area contributed by atoms with Crippen molar-refractivity contribution in [3.8, 4) is 5.69 Å². The third-order valence-corrected chi connectivity index (χ3v) is 6.78. The summed E-state index contributed by atoms with van der Waals surface area (Å²) in [5.74, 6) is -3.05. The van der Waals surface area contributed by atoms with Gasteiger partial charge in [0.15, 0.2) is 11.2 Å². The number of hydrogen-bond donors (Lipinski definition) is 0. The van der Waals surface area contributed by atoms with Crippen LogP contribution in [-0.4, -0.2) is 47.3 Å². The van der Waals surface area contributed by atoms with E-state index in [9.17, 15) is 40.7 Å². The molecule has 2 aromatic rings. The lowest BCUT2D eigenvalue weighted by molar-refractivity contribution is -0.143. The minimum Gasteiger partial charge on any atom is -0.466 e. The van der Waals surface area contributed by atoms with Crippen molar-refractivity contribution >= 4 is 17.7 Å². The number of fused-ring (bicyclic) bond motifs is 1. The minimum atomic E-state index is -5.11. The van der Waals surface area contributed by atoms with E-state index in [-0.39, 0.29) is 29.4 Å². The van der Waals surface area contributed by atoms with Crippen LogP contribution in [0.25, 0.3) is 5.69 Å². The monoisotopic (exact) mass is 558 g/mol. The van der Waals surface area contributed by atoms with Crippen LogP contribution in [0, 0.1) is 12.3 Å². The van der Waals surface area contributed by atoms with E-state index >= 15 is 0 Å². The Morgan fingerprint density at radius 3 is 1.97 bits per heavy atom. The summed E-state index contributed by atoms with van der Waals surface area (Å²) in [5, 5.41) is 11.9. The average Bonchev–Trinajstić information content (AvgIpc) is 3.40. The van der Waals surface area contributed by atoms with Gasteiger partial charge < -0.3 is 9.47 Å². The van der Waals surface area contributed by atoms with E-state index in [0.717, 1.165) is 18.9 Å². The maximum absolute atomic E-state index is 14.1. The maximum Gasteiger partial charge on any atom is 0.416 e. The second-order valence-electron chi connectivity index (χ2n) is 9.59. The summed E-state index contributed by atoms with van der Waals surface area (Å²) >= 11 is 0. The van der Waals surface area contributed by atoms with Crippen molar-refractivity contribution in [3.63, 3.8) is 0 Å². The highest BCUT2D eigenvalue weighted by atomic mass is 19.4. The Balaban J connectivity index is 1.99. The molecule has 0 N–H and O–H groups in total. The number of hydrogen-bond acceptors (Lipinski definition) is 8. The molecular formula is C24H20F6N4O5. The number of benzene rings is 1. The van der Waals surface area contributed by atoms with E-state index in [1.54, 1.807) is 0 Å². The molecule has 0 radical (unpaired) electrons. The number of halogens is 6. The molecule has 2 aliphatic rings. The summed E-state index contributed by atoms with van der Waals surface area (Å²) < 4.78 is 91.3. The number of alkyl halides is 6. The summed E-state index contributed by atoms with van der Waals surface area (Å²) in [6.07, 6.45) is -10.4. The van der Waals surface area contributed by atoms with E-state index < -0.39 is 69.1 Å². The molecule has 0 bridgehead atoms. The number of nitrogens with zero attached hydrogens (tertiary/aromatic N) is 4. The Labute approximate surface area is 216 Å². The van der Waals surface area contributed by atoms with Gasteiger partial charge in [0, 0.05) is 5.41 Å². The first-order valence-electron chi connectivity index (χ1n) is 11.2. The number of ether oxygens (including phenoxy) is 2. The fraction of sp³-hybridized carbons (Fsp3) is 0.417. The number of methoxy groups -OCH3 is 2. The normalized spacial score (nSPS) is 20.4. The Morgan fingerprint density at radius 1 is 0.949 bits per heavy atom. The molecule has 1 atom stereocenters. The zero-order valence-corrected chi connectivity index (χ0v) is 21.0. The van der Waals surface area contributed by atoms with Crippen LogP contribution in [0.3, 0.4) is 0 Å². The van der Waals surface area contributed by atoms with Gasteiger partial charge in [-0.15, -0.1) is 5.11 Å². The number of rotatable bonds is 3. The molecule has 1 aromatic carbocycles. The highest BCUT2D eigenvalue weighted by Crippen LogP contribution is 2.54. The summed E-state index contributed by atoms with van der Waals surface area (Å²) in [6.45, 7) is 4.29. The smallest absolute Gasteiger partial charge is 0.416 e. The van der Waals surface area contributed by atoms with Gasteiger partial charge in [0.1, 0.15) is 5.57 Å². The number of ketones is 1. The zero-order valence-electron chi connectivity index (χ0n) is 21.0. The number of esters is 2. The molecule has 1 aromatic heterocycles. The molecule has 9 nitrogen and oxygen atoms in total. The van der Waals surface area contributed by atoms with Gasteiger partial charge in [-0.3, -0.25) is 4.79 Å². The van der Waals surface area contributed by atoms with Gasteiger partial charge in [-0.1, -0.05) is 13.8 Å². The van der Waals surface area contributed by atoms with Gasteiger partial charge in [-0.05, 0) is 31.5 Å². The van der Waals surface area contributed by atoms with Crippen molar-refractivity contribution < 1.29 is 50.2 Å². The van der Waals surface area contributed by atoms with Crippen molar-refractivity contribution in [2.75, 3.05) is 14.2 Å². The van der Waals surface area contributed by atoms with Crippen LogP contribution in [0.4, 0.5) is 26.3 Å². The SMILES string of the molecule is COC(=O)C1=C(C(=O)OC)C2(N=N1)C(=O)c1c(C)nn(-c3cc(C(F)(F)F)cc(C(F)(F)F)c3)c1CC2(C)C. The van der Waals surface area contributed by atoms with E-state index in [2.05, 4.69) is 20.1 Å². The molecule has 0 fully saturated rings. The van der Waals surface area contributed by atoms with Crippen LogP contribution in [0.5, 0.6) is 0 Å². The van der Waals surface area contributed by atoms with Crippen LogP contribution in [0.15, 0.2) is 39.7 Å². The number of Topliss-reactive ketones (excluding diaryl/α,β-unsaturated/α-hetero) is 1. The molecule has 15 heteroatoms. The Hall–Kier alpha value is -4.04. The van der Waals surface area contributed by atoms with Gasteiger partial charge in [-0.25, -0.2) is 14.3 Å². The molecule has 208 valence electrons. The third kappa shape index (κ3) is 4.10. The van der Waals surface area contributed by atoms with Gasteiger partial charge >= 0.3 is 24.3 Å². The summed E-state index contributed by atoms with van der Waals surface area (Å²) in [6, 6.07) is 0.972. The summed E-state index contributed by atoms with van der Waals surface area (Å²) in [5.41, 5.74) is -8.52. The summed E-state index contributed by atoms with van der Waals surface area (Å²) in [4.78, 5) is 39.3. The Morgan fingerprint density at radius 2 is 1.49 bits per heavy atom. The van der Waals surface area contributed by atoms with Gasteiger partial charge in [0.05, 0.1) is 48.0 Å². The Bertz CT molecular complexity index is 1450. The first-order valence-corrected chi connectivity index (χ1v) is 11.2. The van der Waals surface area contributed by atoms with Crippen LogP contribution in [0.1, 0.15) is 46.7 Å². The molecule has 0 saturated heterocycles. The number of carbonyl (C=O) groups is 3. The van der Waals surface area contributed by atoms with E-state index in [4.69, 9.17) is 4.74 Å². The van der Waals surface area contributed by atoms with E-state index in [1.807, 2.05) is 0 Å². The maximum atomic E-state index is 14.1. The predicted molar refractivity (Wildman–Crippen MR) is 119 cm³/mol. The average molecular weight is 558 g/mol. The number of azo groups is 1. The van der Waals surface area contributed by atoms with Crippen molar-refractivity contribution in [1.82, 2.24) is 9.78 Å². The zero-order chi connectivity index (χ0) is 29.3.